The summed E-state index contributed by atoms with van der Waals surface area (Å²) in [6, 6.07) is 31.8. The Morgan fingerprint density at radius 2 is 1.19 bits per heavy atom. The summed E-state index contributed by atoms with van der Waals surface area (Å²) in [5.41, 5.74) is 8.91. The average Bonchev–Trinajstić information content (AvgIpc) is 2.95. The fraction of sp³-hybridized carbons (Fsp3) is 0.290. The molecule has 0 aromatic heterocycles. The van der Waals surface area contributed by atoms with E-state index < -0.39 is 8.80 Å². The summed E-state index contributed by atoms with van der Waals surface area (Å²) in [5.74, 6) is 0. The zero-order chi connectivity index (χ0) is 23.1. The fourth-order valence-corrected chi connectivity index (χ4v) is 9.86. The summed E-state index contributed by atoms with van der Waals surface area (Å²) in [6.45, 7) is 16.5. The molecule has 0 nitrogen and oxygen atoms in total. The van der Waals surface area contributed by atoms with Gasteiger partial charge in [-0.05, 0) is 54.0 Å². The van der Waals surface area contributed by atoms with Gasteiger partial charge in [0.2, 0.25) is 0 Å². The molecule has 3 aromatic rings. The molecule has 1 atom stereocenters. The maximum atomic E-state index is 2.53. The Labute approximate surface area is 196 Å². The SMILES string of the molecule is CC1=C(C)C(C)([SiH](c2ccccc2)c2ccccc2)C(c2cccc(C(C)(C)C)c2)=C1C. The van der Waals surface area contributed by atoms with Crippen LogP contribution in [0.25, 0.3) is 5.57 Å². The van der Waals surface area contributed by atoms with Gasteiger partial charge in [0.1, 0.15) is 8.80 Å². The maximum Gasteiger partial charge on any atom is 0.117 e. The van der Waals surface area contributed by atoms with Gasteiger partial charge in [0.15, 0.2) is 0 Å². The minimum atomic E-state index is -1.65. The van der Waals surface area contributed by atoms with Crippen molar-refractivity contribution in [2.45, 2.75) is 58.9 Å². The number of rotatable bonds is 4. The van der Waals surface area contributed by atoms with Crippen LogP contribution in [0.4, 0.5) is 0 Å². The third kappa shape index (κ3) is 3.73. The topological polar surface area (TPSA) is 0 Å². The number of allylic oxidation sites excluding steroid dienone is 4. The van der Waals surface area contributed by atoms with Crippen LogP contribution in [0.1, 0.15) is 59.6 Å². The van der Waals surface area contributed by atoms with Gasteiger partial charge in [-0.1, -0.05) is 129 Å². The molecule has 0 fully saturated rings. The van der Waals surface area contributed by atoms with Gasteiger partial charge in [0.25, 0.3) is 0 Å². The van der Waals surface area contributed by atoms with Gasteiger partial charge in [-0.15, -0.1) is 0 Å². The molecule has 0 spiro atoms. The van der Waals surface area contributed by atoms with Crippen LogP contribution < -0.4 is 10.4 Å². The summed E-state index contributed by atoms with van der Waals surface area (Å²) >= 11 is 0. The molecule has 0 saturated heterocycles. The normalized spacial score (nSPS) is 19.2. The van der Waals surface area contributed by atoms with Crippen LogP contribution in [0.2, 0.25) is 5.04 Å². The summed E-state index contributed by atoms with van der Waals surface area (Å²) in [4.78, 5) is 0. The Bertz CT molecular complexity index is 1140. The van der Waals surface area contributed by atoms with Crippen LogP contribution in [0.3, 0.4) is 0 Å². The first-order valence-corrected chi connectivity index (χ1v) is 13.5. The lowest BCUT2D eigenvalue weighted by atomic mass is 9.83. The second-order valence-corrected chi connectivity index (χ2v) is 13.9. The first-order chi connectivity index (χ1) is 15.2. The zero-order valence-corrected chi connectivity index (χ0v) is 21.8. The van der Waals surface area contributed by atoms with E-state index in [-0.39, 0.29) is 10.5 Å². The predicted molar refractivity (Wildman–Crippen MR) is 144 cm³/mol. The van der Waals surface area contributed by atoms with Gasteiger partial charge in [-0.25, -0.2) is 0 Å². The van der Waals surface area contributed by atoms with E-state index in [2.05, 4.69) is 133 Å². The monoisotopic (exact) mass is 436 g/mol. The number of hydrogen-bond donors (Lipinski definition) is 0. The molecule has 1 unspecified atom stereocenters. The Hall–Kier alpha value is -2.64. The van der Waals surface area contributed by atoms with E-state index in [0.29, 0.717) is 0 Å². The third-order valence-corrected chi connectivity index (χ3v) is 11.6. The molecule has 32 heavy (non-hydrogen) atoms. The minimum Gasteiger partial charge on any atom is -0.0629 e. The molecule has 1 heteroatoms. The lowest BCUT2D eigenvalue weighted by molar-refractivity contribution is 0.590. The van der Waals surface area contributed by atoms with Crippen LogP contribution >= 0.6 is 0 Å². The molecule has 0 bridgehead atoms. The van der Waals surface area contributed by atoms with Gasteiger partial charge in [-0.3, -0.25) is 0 Å². The summed E-state index contributed by atoms with van der Waals surface area (Å²) in [5, 5.41) is 3.02. The molecule has 0 aliphatic heterocycles. The summed E-state index contributed by atoms with van der Waals surface area (Å²) in [6.07, 6.45) is 0. The molecule has 164 valence electrons. The van der Waals surface area contributed by atoms with Crippen molar-refractivity contribution >= 4 is 24.7 Å². The van der Waals surface area contributed by atoms with Gasteiger partial charge in [0.05, 0.1) is 0 Å². The highest BCUT2D eigenvalue weighted by molar-refractivity contribution is 6.89. The van der Waals surface area contributed by atoms with Crippen LogP contribution in [0, 0.1) is 0 Å². The molecular formula is C31H36Si. The van der Waals surface area contributed by atoms with Crippen LogP contribution in [0.15, 0.2) is 102 Å². The van der Waals surface area contributed by atoms with Crippen LogP contribution in [-0.2, 0) is 5.41 Å². The highest BCUT2D eigenvalue weighted by Crippen LogP contribution is 2.58. The van der Waals surface area contributed by atoms with Crippen molar-refractivity contribution in [3.05, 3.63) is 113 Å². The molecule has 0 amide bonds. The minimum absolute atomic E-state index is 0.00732. The Balaban J connectivity index is 1.99. The number of benzene rings is 3. The van der Waals surface area contributed by atoms with Gasteiger partial charge < -0.3 is 0 Å². The standard InChI is InChI=1S/C31H36Si/c1-22-23(2)29(25-15-14-16-26(21-25)30(4,5)6)31(7,24(22)3)32(27-17-10-8-11-18-27)28-19-12-9-13-20-28/h8-21,32H,1-7H3. The predicted octanol–water partition coefficient (Wildman–Crippen LogP) is 6.91. The van der Waals surface area contributed by atoms with Crippen LogP contribution in [-0.4, -0.2) is 8.80 Å². The van der Waals surface area contributed by atoms with Crippen molar-refractivity contribution < 1.29 is 0 Å². The first-order valence-electron chi connectivity index (χ1n) is 11.8. The molecule has 0 radical (unpaired) electrons. The quantitative estimate of drug-likeness (QED) is 0.390. The van der Waals surface area contributed by atoms with Gasteiger partial charge in [-0.2, -0.15) is 0 Å². The molecule has 3 aromatic carbocycles. The van der Waals surface area contributed by atoms with Crippen molar-refractivity contribution in [3.63, 3.8) is 0 Å². The van der Waals surface area contributed by atoms with Crippen molar-refractivity contribution in [2.24, 2.45) is 0 Å². The summed E-state index contributed by atoms with van der Waals surface area (Å²) in [7, 11) is -1.65. The largest absolute Gasteiger partial charge is 0.117 e. The molecule has 1 aliphatic carbocycles. The first kappa shape index (κ1) is 22.5. The molecule has 0 heterocycles. The second kappa shape index (κ2) is 8.37. The third-order valence-electron chi connectivity index (χ3n) is 7.66. The Morgan fingerprint density at radius 1 is 0.656 bits per heavy atom. The van der Waals surface area contributed by atoms with Crippen molar-refractivity contribution in [2.75, 3.05) is 0 Å². The zero-order valence-electron chi connectivity index (χ0n) is 20.7. The van der Waals surface area contributed by atoms with E-state index in [1.807, 2.05) is 0 Å². The van der Waals surface area contributed by atoms with Crippen LogP contribution in [0.5, 0.6) is 0 Å². The Morgan fingerprint density at radius 3 is 1.69 bits per heavy atom. The lowest BCUT2D eigenvalue weighted by Gasteiger charge is -2.39. The summed E-state index contributed by atoms with van der Waals surface area (Å²) < 4.78 is 0. The maximum absolute atomic E-state index is 2.53. The smallest absolute Gasteiger partial charge is 0.0629 e. The fourth-order valence-electron chi connectivity index (χ4n) is 5.60. The van der Waals surface area contributed by atoms with Crippen molar-refractivity contribution in [3.8, 4) is 0 Å². The number of hydrogen-bond acceptors (Lipinski definition) is 0. The van der Waals surface area contributed by atoms with E-state index in [4.69, 9.17) is 0 Å². The highest BCUT2D eigenvalue weighted by atomic mass is 28.3. The molecule has 1 aliphatic rings. The highest BCUT2D eigenvalue weighted by Gasteiger charge is 2.47. The van der Waals surface area contributed by atoms with Crippen molar-refractivity contribution in [1.82, 2.24) is 0 Å². The van der Waals surface area contributed by atoms with Gasteiger partial charge in [0, 0.05) is 5.04 Å². The molecule has 0 N–H and O–H groups in total. The lowest BCUT2D eigenvalue weighted by Crippen LogP contribution is -2.51. The van der Waals surface area contributed by atoms with E-state index in [0.717, 1.165) is 0 Å². The van der Waals surface area contributed by atoms with E-state index >= 15 is 0 Å². The molecule has 0 saturated carbocycles. The molecular weight excluding hydrogens is 400 g/mol. The van der Waals surface area contributed by atoms with Crippen molar-refractivity contribution in [1.29, 1.82) is 0 Å². The average molecular weight is 437 g/mol. The van der Waals surface area contributed by atoms with E-state index in [1.54, 1.807) is 0 Å². The van der Waals surface area contributed by atoms with E-state index in [1.165, 1.54) is 43.8 Å². The van der Waals surface area contributed by atoms with E-state index in [9.17, 15) is 0 Å². The van der Waals surface area contributed by atoms with Gasteiger partial charge >= 0.3 is 0 Å². The Kier molecular flexibility index (Phi) is 5.90. The molecule has 4 rings (SSSR count). The second-order valence-electron chi connectivity index (χ2n) is 10.5.